The largest absolute Gasteiger partial charge is 0.396 e. The van der Waals surface area contributed by atoms with E-state index in [1.165, 1.54) is 0 Å². The fourth-order valence-electron chi connectivity index (χ4n) is 2.22. The lowest BCUT2D eigenvalue weighted by molar-refractivity contribution is -0.122. The molecule has 0 saturated carbocycles. The van der Waals surface area contributed by atoms with Crippen molar-refractivity contribution in [3.8, 4) is 0 Å². The van der Waals surface area contributed by atoms with E-state index < -0.39 is 0 Å². The van der Waals surface area contributed by atoms with Gasteiger partial charge in [-0.05, 0) is 29.4 Å². The highest BCUT2D eigenvalue weighted by molar-refractivity contribution is 5.83. The zero-order chi connectivity index (χ0) is 14.6. The summed E-state index contributed by atoms with van der Waals surface area (Å²) in [5.74, 6) is -0.00244. The van der Waals surface area contributed by atoms with Gasteiger partial charge in [-0.2, -0.15) is 0 Å². The second-order valence-electron chi connectivity index (χ2n) is 5.92. The number of aliphatic hydroxyl groups excluding tert-OH is 1. The fourth-order valence-corrected chi connectivity index (χ4v) is 2.22. The number of aliphatic hydroxyl groups is 1. The average Bonchev–Trinajstić information content (AvgIpc) is 2.80. The monoisotopic (exact) mass is 274 g/mol. The first-order valence-electron chi connectivity index (χ1n) is 6.93. The normalized spacial score (nSPS) is 11.8. The summed E-state index contributed by atoms with van der Waals surface area (Å²) in [6.45, 7) is 5.11. The molecule has 20 heavy (non-hydrogen) atoms. The molecule has 0 fully saturated rings. The number of carbonyl (C=O) groups is 1. The number of hydrogen-bond donors (Lipinski definition) is 2. The second-order valence-corrected chi connectivity index (χ2v) is 5.92. The molecule has 0 aliphatic rings. The summed E-state index contributed by atoms with van der Waals surface area (Å²) in [4.78, 5) is 12.0. The zero-order valence-corrected chi connectivity index (χ0v) is 12.1. The Balaban J connectivity index is 1.95. The number of nitrogens with one attached hydrogen (secondary N) is 1. The van der Waals surface area contributed by atoms with Crippen molar-refractivity contribution < 1.29 is 9.90 Å². The molecule has 0 atom stereocenters. The van der Waals surface area contributed by atoms with E-state index in [4.69, 9.17) is 5.11 Å². The number of benzene rings is 1. The van der Waals surface area contributed by atoms with E-state index in [-0.39, 0.29) is 17.9 Å². The molecule has 1 aromatic carbocycles. The Kier molecular flexibility index (Phi) is 4.45. The van der Waals surface area contributed by atoms with Gasteiger partial charge < -0.3 is 15.0 Å². The second kappa shape index (κ2) is 6.09. The van der Waals surface area contributed by atoms with Crippen LogP contribution in [-0.4, -0.2) is 28.7 Å². The standard InChI is InChI=1S/C16H22N2O2/c1-16(2,8-10-19)12-17-15(20)11-18-9-7-13-5-3-4-6-14(13)18/h3-7,9,19H,8,10-12H2,1-2H3,(H,17,20). The minimum atomic E-state index is -0.0802. The Labute approximate surface area is 119 Å². The number of rotatable bonds is 6. The van der Waals surface area contributed by atoms with Gasteiger partial charge in [-0.3, -0.25) is 4.79 Å². The van der Waals surface area contributed by atoms with Crippen LogP contribution in [-0.2, 0) is 11.3 Å². The van der Waals surface area contributed by atoms with E-state index in [1.54, 1.807) is 0 Å². The minimum absolute atomic E-state index is 0.00244. The summed E-state index contributed by atoms with van der Waals surface area (Å²) in [5, 5.41) is 13.1. The van der Waals surface area contributed by atoms with Crippen LogP contribution >= 0.6 is 0 Å². The van der Waals surface area contributed by atoms with Crippen molar-refractivity contribution in [2.45, 2.75) is 26.8 Å². The van der Waals surface area contributed by atoms with Gasteiger partial charge in [0.05, 0.1) is 0 Å². The first-order chi connectivity index (χ1) is 9.52. The van der Waals surface area contributed by atoms with Crippen molar-refractivity contribution in [2.24, 2.45) is 5.41 Å². The molecule has 2 aromatic rings. The van der Waals surface area contributed by atoms with Crippen LogP contribution in [0.25, 0.3) is 10.9 Å². The molecule has 0 saturated heterocycles. The number of para-hydroxylation sites is 1. The molecule has 4 heteroatoms. The average molecular weight is 274 g/mol. The highest BCUT2D eigenvalue weighted by Crippen LogP contribution is 2.18. The van der Waals surface area contributed by atoms with Gasteiger partial charge in [0.1, 0.15) is 6.54 Å². The SMILES string of the molecule is CC(C)(CCO)CNC(=O)Cn1ccc2ccccc21. The van der Waals surface area contributed by atoms with Gasteiger partial charge in [0, 0.05) is 24.9 Å². The molecular formula is C16H22N2O2. The highest BCUT2D eigenvalue weighted by Gasteiger charge is 2.18. The number of fused-ring (bicyclic) bond motifs is 1. The van der Waals surface area contributed by atoms with Gasteiger partial charge in [-0.25, -0.2) is 0 Å². The van der Waals surface area contributed by atoms with Gasteiger partial charge in [-0.15, -0.1) is 0 Å². The molecule has 0 bridgehead atoms. The molecule has 0 unspecified atom stereocenters. The smallest absolute Gasteiger partial charge is 0.239 e. The van der Waals surface area contributed by atoms with Crippen LogP contribution in [0.15, 0.2) is 36.5 Å². The van der Waals surface area contributed by atoms with Crippen LogP contribution in [0.2, 0.25) is 0 Å². The molecule has 2 N–H and O–H groups in total. The zero-order valence-electron chi connectivity index (χ0n) is 12.1. The van der Waals surface area contributed by atoms with Crippen LogP contribution in [0, 0.1) is 5.41 Å². The third-order valence-electron chi connectivity index (χ3n) is 3.55. The number of aromatic nitrogens is 1. The molecule has 2 rings (SSSR count). The van der Waals surface area contributed by atoms with E-state index in [0.29, 0.717) is 19.5 Å². The molecule has 0 aliphatic carbocycles. The number of carbonyl (C=O) groups excluding carboxylic acids is 1. The maximum absolute atomic E-state index is 12.0. The summed E-state index contributed by atoms with van der Waals surface area (Å²) in [6.07, 6.45) is 2.61. The lowest BCUT2D eigenvalue weighted by atomic mass is 9.90. The number of hydrogen-bond acceptors (Lipinski definition) is 2. The van der Waals surface area contributed by atoms with Gasteiger partial charge in [0.25, 0.3) is 0 Å². The Morgan fingerprint density at radius 1 is 1.30 bits per heavy atom. The van der Waals surface area contributed by atoms with Crippen molar-refractivity contribution in [1.29, 1.82) is 0 Å². The third-order valence-corrected chi connectivity index (χ3v) is 3.55. The summed E-state index contributed by atoms with van der Waals surface area (Å²) in [5.41, 5.74) is 0.987. The van der Waals surface area contributed by atoms with Crippen LogP contribution in [0.4, 0.5) is 0 Å². The predicted octanol–water partition coefficient (Wildman–Crippen LogP) is 2.17. The lowest BCUT2D eigenvalue weighted by Gasteiger charge is -2.23. The van der Waals surface area contributed by atoms with Crippen molar-refractivity contribution in [1.82, 2.24) is 9.88 Å². The summed E-state index contributed by atoms with van der Waals surface area (Å²) >= 11 is 0. The minimum Gasteiger partial charge on any atom is -0.396 e. The van der Waals surface area contributed by atoms with Crippen LogP contribution < -0.4 is 5.32 Å². The van der Waals surface area contributed by atoms with Crippen molar-refractivity contribution in [2.75, 3.05) is 13.2 Å². The predicted molar refractivity (Wildman–Crippen MR) is 80.4 cm³/mol. The van der Waals surface area contributed by atoms with Crippen molar-refractivity contribution in [3.05, 3.63) is 36.5 Å². The Hall–Kier alpha value is -1.81. The molecule has 1 amide bonds. The number of nitrogens with zero attached hydrogens (tertiary/aromatic N) is 1. The first-order valence-corrected chi connectivity index (χ1v) is 6.93. The molecule has 1 heterocycles. The third kappa shape index (κ3) is 3.61. The maximum atomic E-state index is 12.0. The highest BCUT2D eigenvalue weighted by atomic mass is 16.3. The Bertz CT molecular complexity index is 587. The van der Waals surface area contributed by atoms with Crippen molar-refractivity contribution >= 4 is 16.8 Å². The van der Waals surface area contributed by atoms with Gasteiger partial charge in [0.2, 0.25) is 5.91 Å². The fraction of sp³-hybridized carbons (Fsp3) is 0.438. The topological polar surface area (TPSA) is 54.3 Å². The lowest BCUT2D eigenvalue weighted by Crippen LogP contribution is -2.36. The van der Waals surface area contributed by atoms with E-state index in [2.05, 4.69) is 5.32 Å². The molecule has 0 radical (unpaired) electrons. The molecule has 1 aromatic heterocycles. The Morgan fingerprint density at radius 2 is 2.05 bits per heavy atom. The Morgan fingerprint density at radius 3 is 2.80 bits per heavy atom. The summed E-state index contributed by atoms with van der Waals surface area (Å²) in [6, 6.07) is 10.0. The van der Waals surface area contributed by atoms with E-state index in [9.17, 15) is 4.79 Å². The molecule has 108 valence electrons. The molecule has 4 nitrogen and oxygen atoms in total. The van der Waals surface area contributed by atoms with Gasteiger partial charge in [0.15, 0.2) is 0 Å². The first kappa shape index (κ1) is 14.6. The van der Waals surface area contributed by atoms with Gasteiger partial charge in [-0.1, -0.05) is 32.0 Å². The maximum Gasteiger partial charge on any atom is 0.239 e. The summed E-state index contributed by atoms with van der Waals surface area (Å²) in [7, 11) is 0. The van der Waals surface area contributed by atoms with E-state index in [1.807, 2.05) is 54.9 Å². The quantitative estimate of drug-likeness (QED) is 0.848. The van der Waals surface area contributed by atoms with Crippen LogP contribution in [0.1, 0.15) is 20.3 Å². The van der Waals surface area contributed by atoms with Crippen LogP contribution in [0.3, 0.4) is 0 Å². The van der Waals surface area contributed by atoms with Crippen molar-refractivity contribution in [3.63, 3.8) is 0 Å². The van der Waals surface area contributed by atoms with Crippen LogP contribution in [0.5, 0.6) is 0 Å². The molecular weight excluding hydrogens is 252 g/mol. The molecule has 0 aliphatic heterocycles. The van der Waals surface area contributed by atoms with E-state index in [0.717, 1.165) is 10.9 Å². The van der Waals surface area contributed by atoms with E-state index >= 15 is 0 Å². The van der Waals surface area contributed by atoms with Gasteiger partial charge >= 0.3 is 0 Å². The molecule has 0 spiro atoms. The number of amides is 1. The summed E-state index contributed by atoms with van der Waals surface area (Å²) < 4.78 is 1.95.